The highest BCUT2D eigenvalue weighted by atomic mass is 16.4. The van der Waals surface area contributed by atoms with Crippen LogP contribution in [0.2, 0.25) is 0 Å². The van der Waals surface area contributed by atoms with E-state index in [1.807, 2.05) is 6.07 Å². The number of amides is 1. The van der Waals surface area contributed by atoms with Crippen LogP contribution < -0.4 is 0 Å². The van der Waals surface area contributed by atoms with E-state index in [9.17, 15) is 9.59 Å². The van der Waals surface area contributed by atoms with Crippen molar-refractivity contribution in [3.8, 4) is 6.07 Å². The van der Waals surface area contributed by atoms with E-state index in [-0.39, 0.29) is 25.4 Å². The molecule has 94 valence electrons. The second-order valence-corrected chi connectivity index (χ2v) is 3.58. The zero-order chi connectivity index (χ0) is 13.3. The van der Waals surface area contributed by atoms with Gasteiger partial charge in [-0.15, -0.1) is 6.58 Å². The highest BCUT2D eigenvalue weighted by molar-refractivity contribution is 5.79. The summed E-state index contributed by atoms with van der Waals surface area (Å²) >= 11 is 0. The Balaban J connectivity index is 4.24. The summed E-state index contributed by atoms with van der Waals surface area (Å²) in [6.07, 6.45) is 1.81. The Morgan fingerprint density at radius 1 is 1.47 bits per heavy atom. The summed E-state index contributed by atoms with van der Waals surface area (Å²) in [4.78, 5) is 25.1. The van der Waals surface area contributed by atoms with E-state index in [0.29, 0.717) is 13.1 Å². The zero-order valence-electron chi connectivity index (χ0n) is 9.93. The smallest absolute Gasteiger partial charge is 0.317 e. The summed E-state index contributed by atoms with van der Waals surface area (Å²) in [5.74, 6) is -1.19. The molecule has 0 aliphatic heterocycles. The Kier molecular flexibility index (Phi) is 7.39. The van der Waals surface area contributed by atoms with Gasteiger partial charge in [-0.25, -0.2) is 0 Å². The van der Waals surface area contributed by atoms with Crippen molar-refractivity contribution in [2.45, 2.75) is 6.42 Å². The van der Waals surface area contributed by atoms with Gasteiger partial charge in [0.1, 0.15) is 0 Å². The van der Waals surface area contributed by atoms with Crippen LogP contribution in [0.3, 0.4) is 0 Å². The number of likely N-dealkylation sites (N-methyl/N-ethyl adjacent to an activating group) is 1. The van der Waals surface area contributed by atoms with Crippen LogP contribution in [0.4, 0.5) is 0 Å². The maximum Gasteiger partial charge on any atom is 0.317 e. The van der Waals surface area contributed by atoms with Gasteiger partial charge in [0.05, 0.1) is 25.6 Å². The summed E-state index contributed by atoms with van der Waals surface area (Å²) in [6.45, 7) is 4.01. The van der Waals surface area contributed by atoms with Gasteiger partial charge in [-0.2, -0.15) is 5.26 Å². The van der Waals surface area contributed by atoms with Crippen LogP contribution in [-0.2, 0) is 9.59 Å². The minimum Gasteiger partial charge on any atom is -0.480 e. The Morgan fingerprint density at radius 3 is 2.59 bits per heavy atom. The lowest BCUT2D eigenvalue weighted by atomic mass is 10.3. The van der Waals surface area contributed by atoms with Crippen molar-refractivity contribution in [1.82, 2.24) is 9.80 Å². The normalized spacial score (nSPS) is 9.71. The van der Waals surface area contributed by atoms with E-state index in [1.165, 1.54) is 9.80 Å². The molecule has 0 radical (unpaired) electrons. The van der Waals surface area contributed by atoms with Gasteiger partial charge in [0.2, 0.25) is 5.91 Å². The van der Waals surface area contributed by atoms with Crippen LogP contribution in [0.15, 0.2) is 12.7 Å². The average Bonchev–Trinajstić information content (AvgIpc) is 2.25. The topological polar surface area (TPSA) is 84.6 Å². The number of carboxylic acid groups (broad SMARTS) is 1. The molecular weight excluding hydrogens is 222 g/mol. The first-order chi connectivity index (χ1) is 8.01. The number of hydrogen-bond acceptors (Lipinski definition) is 4. The Bertz CT molecular complexity index is 322. The van der Waals surface area contributed by atoms with Crippen LogP contribution in [0.5, 0.6) is 0 Å². The molecule has 0 rings (SSSR count). The summed E-state index contributed by atoms with van der Waals surface area (Å²) in [6, 6.07) is 1.95. The first-order valence-electron chi connectivity index (χ1n) is 5.17. The van der Waals surface area contributed by atoms with Crippen molar-refractivity contribution in [2.75, 3.05) is 33.2 Å². The Hall–Kier alpha value is -1.87. The molecule has 1 amide bonds. The van der Waals surface area contributed by atoms with Crippen LogP contribution in [0.25, 0.3) is 0 Å². The lowest BCUT2D eigenvalue weighted by molar-refractivity contribution is -0.139. The standard InChI is InChI=1S/C11H17N3O3/c1-3-6-14(9-11(16)17)8-10(15)13(2)7-4-5-12/h3H,1,4,6-9H2,2H3,(H,16,17). The van der Waals surface area contributed by atoms with Gasteiger partial charge in [-0.05, 0) is 0 Å². The molecule has 0 atom stereocenters. The number of hydrogen-bond donors (Lipinski definition) is 1. The van der Waals surface area contributed by atoms with Crippen LogP contribution >= 0.6 is 0 Å². The molecule has 6 heteroatoms. The number of nitriles is 1. The number of carbonyl (C=O) groups excluding carboxylic acids is 1. The quantitative estimate of drug-likeness (QED) is 0.599. The van der Waals surface area contributed by atoms with E-state index in [4.69, 9.17) is 10.4 Å². The predicted octanol–water partition coefficient (Wildman–Crippen LogP) is -0.0689. The first-order valence-corrected chi connectivity index (χ1v) is 5.17. The first kappa shape index (κ1) is 15.1. The second-order valence-electron chi connectivity index (χ2n) is 3.58. The van der Waals surface area contributed by atoms with Gasteiger partial charge in [0.25, 0.3) is 0 Å². The maximum atomic E-state index is 11.7. The maximum absolute atomic E-state index is 11.7. The fourth-order valence-electron chi connectivity index (χ4n) is 1.21. The summed E-state index contributed by atoms with van der Waals surface area (Å²) in [7, 11) is 1.59. The van der Waals surface area contributed by atoms with Crippen LogP contribution in [-0.4, -0.2) is 60.0 Å². The monoisotopic (exact) mass is 239 g/mol. The lowest BCUT2D eigenvalue weighted by Gasteiger charge is -2.22. The Labute approximate surface area is 101 Å². The molecule has 0 unspecified atom stereocenters. The number of carboxylic acids is 1. The molecule has 0 saturated carbocycles. The number of carbonyl (C=O) groups is 2. The van der Waals surface area contributed by atoms with Crippen molar-refractivity contribution in [3.63, 3.8) is 0 Å². The molecule has 0 bridgehead atoms. The van der Waals surface area contributed by atoms with Crippen LogP contribution in [0.1, 0.15) is 6.42 Å². The second kappa shape index (κ2) is 8.30. The van der Waals surface area contributed by atoms with E-state index in [2.05, 4.69) is 6.58 Å². The fourth-order valence-corrected chi connectivity index (χ4v) is 1.21. The third kappa shape index (κ3) is 7.09. The molecule has 17 heavy (non-hydrogen) atoms. The minimum absolute atomic E-state index is 0.0141. The zero-order valence-corrected chi connectivity index (χ0v) is 9.93. The molecule has 0 aliphatic carbocycles. The number of nitrogens with zero attached hydrogens (tertiary/aromatic N) is 3. The number of rotatable bonds is 8. The summed E-state index contributed by atoms with van der Waals surface area (Å²) in [5.41, 5.74) is 0. The number of aliphatic carboxylic acids is 1. The molecule has 0 aliphatic rings. The van der Waals surface area contributed by atoms with Crippen molar-refractivity contribution in [2.24, 2.45) is 0 Å². The van der Waals surface area contributed by atoms with Gasteiger partial charge in [0, 0.05) is 20.1 Å². The highest BCUT2D eigenvalue weighted by Crippen LogP contribution is 1.94. The SMILES string of the molecule is C=CCN(CC(=O)O)CC(=O)N(C)CCC#N. The summed E-state index contributed by atoms with van der Waals surface area (Å²) < 4.78 is 0. The van der Waals surface area contributed by atoms with Crippen molar-refractivity contribution in [1.29, 1.82) is 5.26 Å². The molecule has 0 aromatic heterocycles. The van der Waals surface area contributed by atoms with Gasteiger partial charge in [-0.1, -0.05) is 6.08 Å². The molecule has 0 saturated heterocycles. The van der Waals surface area contributed by atoms with Crippen molar-refractivity contribution >= 4 is 11.9 Å². The molecule has 0 spiro atoms. The molecule has 0 heterocycles. The van der Waals surface area contributed by atoms with E-state index in [1.54, 1.807) is 13.1 Å². The lowest BCUT2D eigenvalue weighted by Crippen LogP contribution is -2.41. The largest absolute Gasteiger partial charge is 0.480 e. The highest BCUT2D eigenvalue weighted by Gasteiger charge is 2.15. The molecule has 6 nitrogen and oxygen atoms in total. The van der Waals surface area contributed by atoms with Crippen molar-refractivity contribution in [3.05, 3.63) is 12.7 Å². The van der Waals surface area contributed by atoms with Crippen molar-refractivity contribution < 1.29 is 14.7 Å². The van der Waals surface area contributed by atoms with E-state index < -0.39 is 5.97 Å². The minimum atomic E-state index is -0.987. The third-order valence-corrected chi connectivity index (χ3v) is 2.09. The molecule has 0 aromatic carbocycles. The average molecular weight is 239 g/mol. The van der Waals surface area contributed by atoms with Gasteiger partial charge < -0.3 is 10.0 Å². The molecule has 1 N–H and O–H groups in total. The molecule has 0 aromatic rings. The molecule has 0 fully saturated rings. The van der Waals surface area contributed by atoms with Crippen LogP contribution in [0, 0.1) is 11.3 Å². The predicted molar refractivity (Wildman–Crippen MR) is 62.1 cm³/mol. The Morgan fingerprint density at radius 2 is 2.12 bits per heavy atom. The van der Waals surface area contributed by atoms with Gasteiger partial charge in [-0.3, -0.25) is 14.5 Å². The van der Waals surface area contributed by atoms with Gasteiger partial charge in [0.15, 0.2) is 0 Å². The van der Waals surface area contributed by atoms with Gasteiger partial charge >= 0.3 is 5.97 Å². The van der Waals surface area contributed by atoms with E-state index >= 15 is 0 Å². The fraction of sp³-hybridized carbons (Fsp3) is 0.545. The molecular formula is C11H17N3O3. The summed E-state index contributed by atoms with van der Waals surface area (Å²) in [5, 5.41) is 17.1. The van der Waals surface area contributed by atoms with E-state index in [0.717, 1.165) is 0 Å². The third-order valence-electron chi connectivity index (χ3n) is 2.09.